The van der Waals surface area contributed by atoms with Gasteiger partial charge in [0.2, 0.25) is 0 Å². The van der Waals surface area contributed by atoms with Crippen molar-refractivity contribution >= 4 is 43.3 Å². The summed E-state index contributed by atoms with van der Waals surface area (Å²) in [6.45, 7) is 3.80. The number of nitrogens with one attached hydrogen (secondary N) is 1. The highest BCUT2D eigenvalue weighted by molar-refractivity contribution is 7.25. The zero-order valence-electron chi connectivity index (χ0n) is 12.7. The third-order valence-electron chi connectivity index (χ3n) is 3.64. The Labute approximate surface area is 141 Å². The van der Waals surface area contributed by atoms with E-state index in [4.69, 9.17) is 5.73 Å². The van der Waals surface area contributed by atoms with Crippen LogP contribution in [0.3, 0.4) is 0 Å². The number of hydrogen-bond donors (Lipinski definition) is 2. The van der Waals surface area contributed by atoms with Crippen LogP contribution in [0.25, 0.3) is 20.2 Å². The summed E-state index contributed by atoms with van der Waals surface area (Å²) in [5.74, 6) is -1.17. The minimum Gasteiger partial charge on any atom is -0.366 e. The maximum Gasteiger partial charge on any atom is 0.252 e. The van der Waals surface area contributed by atoms with Crippen molar-refractivity contribution in [3.63, 3.8) is 0 Å². The second-order valence-corrected chi connectivity index (χ2v) is 6.21. The van der Waals surface area contributed by atoms with E-state index in [9.17, 15) is 14.4 Å². The van der Waals surface area contributed by atoms with Gasteiger partial charge in [0.15, 0.2) is 5.43 Å². The molecule has 3 rings (SSSR count). The molecule has 120 valence electrons. The van der Waals surface area contributed by atoms with Crippen molar-refractivity contribution in [2.75, 3.05) is 6.54 Å². The molecule has 0 aliphatic heterocycles. The summed E-state index contributed by atoms with van der Waals surface area (Å²) in [4.78, 5) is 36.9. The molecular weight excluding hydrogens is 324 g/mol. The average molecular weight is 338 g/mol. The lowest BCUT2D eigenvalue weighted by Gasteiger charge is -2.10. The third-order valence-corrected chi connectivity index (χ3v) is 4.85. The van der Waals surface area contributed by atoms with Gasteiger partial charge in [-0.15, -0.1) is 17.9 Å². The molecule has 24 heavy (non-hydrogen) atoms. The van der Waals surface area contributed by atoms with Crippen LogP contribution in [0.15, 0.2) is 53.8 Å². The molecule has 0 unspecified atom stereocenters. The van der Waals surface area contributed by atoms with Gasteiger partial charge in [-0.2, -0.15) is 0 Å². The van der Waals surface area contributed by atoms with Crippen LogP contribution in [0.2, 0.25) is 0 Å². The van der Waals surface area contributed by atoms with Crippen molar-refractivity contribution in [1.82, 2.24) is 5.32 Å². The predicted octanol–water partition coefficient (Wildman–Crippen LogP) is 2.43. The number of carbonyl (C=O) groups excluding carboxylic acids is 2. The minimum absolute atomic E-state index is 0.0712. The van der Waals surface area contributed by atoms with Gasteiger partial charge in [0.05, 0.1) is 15.8 Å². The van der Waals surface area contributed by atoms with Gasteiger partial charge in [0.25, 0.3) is 11.8 Å². The molecule has 2 amide bonds. The van der Waals surface area contributed by atoms with Gasteiger partial charge in [0, 0.05) is 22.0 Å². The van der Waals surface area contributed by atoms with Gasteiger partial charge in [-0.25, -0.2) is 0 Å². The van der Waals surface area contributed by atoms with Gasteiger partial charge in [-0.1, -0.05) is 18.2 Å². The van der Waals surface area contributed by atoms with E-state index in [0.717, 1.165) is 4.70 Å². The third kappa shape index (κ3) is 2.57. The molecule has 0 bridgehead atoms. The molecule has 0 saturated heterocycles. The standard InChI is InChI=1S/C18H14N2O3S/c1-2-9-20-18(23)11-7-8-12-15(21)10-5-3-4-6-13(10)24-16(12)14(11)17(19)22/h2-8H,1,9H2,(H2,19,22)(H,20,23). The molecule has 0 atom stereocenters. The van der Waals surface area contributed by atoms with E-state index < -0.39 is 11.8 Å². The molecule has 6 heteroatoms. The first-order valence-electron chi connectivity index (χ1n) is 7.22. The molecule has 5 nitrogen and oxygen atoms in total. The normalized spacial score (nSPS) is 10.7. The van der Waals surface area contributed by atoms with E-state index in [1.165, 1.54) is 23.5 Å². The molecule has 2 aromatic carbocycles. The number of rotatable bonds is 4. The molecule has 0 saturated carbocycles. The van der Waals surface area contributed by atoms with Crippen molar-refractivity contribution in [3.05, 3.63) is 70.4 Å². The zero-order valence-corrected chi connectivity index (χ0v) is 13.5. The zero-order chi connectivity index (χ0) is 17.3. The van der Waals surface area contributed by atoms with Crippen LogP contribution >= 0.6 is 11.3 Å². The fraction of sp³-hybridized carbons (Fsp3) is 0.0556. The van der Waals surface area contributed by atoms with Crippen molar-refractivity contribution in [2.24, 2.45) is 5.73 Å². The molecule has 0 fully saturated rings. The van der Waals surface area contributed by atoms with Crippen LogP contribution in [-0.2, 0) is 0 Å². The lowest BCUT2D eigenvalue weighted by molar-refractivity contribution is 0.0940. The first kappa shape index (κ1) is 15.9. The predicted molar refractivity (Wildman–Crippen MR) is 96.6 cm³/mol. The Bertz CT molecular complexity index is 1050. The van der Waals surface area contributed by atoms with Crippen LogP contribution in [0.5, 0.6) is 0 Å². The number of hydrogen-bond acceptors (Lipinski definition) is 4. The molecule has 0 aliphatic carbocycles. The number of primary amides is 1. The largest absolute Gasteiger partial charge is 0.366 e. The lowest BCUT2D eigenvalue weighted by atomic mass is 10.0. The SMILES string of the molecule is C=CCNC(=O)c1ccc2c(=O)c3ccccc3sc2c1C(N)=O. The van der Waals surface area contributed by atoms with E-state index in [0.29, 0.717) is 15.5 Å². The number of nitrogens with two attached hydrogens (primary N) is 1. The monoisotopic (exact) mass is 338 g/mol. The van der Waals surface area contributed by atoms with Gasteiger partial charge in [-0.05, 0) is 24.3 Å². The second kappa shape index (κ2) is 6.25. The summed E-state index contributed by atoms with van der Waals surface area (Å²) in [6.07, 6.45) is 1.54. The summed E-state index contributed by atoms with van der Waals surface area (Å²) in [6, 6.07) is 10.2. The Morgan fingerprint density at radius 3 is 2.62 bits per heavy atom. The Kier molecular flexibility index (Phi) is 4.14. The average Bonchev–Trinajstić information content (AvgIpc) is 2.58. The lowest BCUT2D eigenvalue weighted by Crippen LogP contribution is -2.27. The van der Waals surface area contributed by atoms with Crippen LogP contribution in [0.4, 0.5) is 0 Å². The van der Waals surface area contributed by atoms with Crippen LogP contribution in [-0.4, -0.2) is 18.4 Å². The van der Waals surface area contributed by atoms with Crippen molar-refractivity contribution in [3.8, 4) is 0 Å². The minimum atomic E-state index is -0.740. The summed E-state index contributed by atoms with van der Waals surface area (Å²) < 4.78 is 1.17. The molecule has 0 radical (unpaired) electrons. The molecule has 1 heterocycles. The molecule has 1 aromatic heterocycles. The topological polar surface area (TPSA) is 89.3 Å². The Morgan fingerprint density at radius 2 is 1.92 bits per heavy atom. The van der Waals surface area contributed by atoms with E-state index in [-0.39, 0.29) is 23.1 Å². The van der Waals surface area contributed by atoms with E-state index in [2.05, 4.69) is 11.9 Å². The number of carbonyl (C=O) groups is 2. The quantitative estimate of drug-likeness (QED) is 0.565. The molecule has 3 aromatic rings. The summed E-state index contributed by atoms with van der Waals surface area (Å²) >= 11 is 1.27. The molecule has 3 N–H and O–H groups in total. The van der Waals surface area contributed by atoms with Crippen LogP contribution in [0.1, 0.15) is 20.7 Å². The van der Waals surface area contributed by atoms with Gasteiger partial charge in [-0.3, -0.25) is 14.4 Å². The molecular formula is C18H14N2O3S. The fourth-order valence-electron chi connectivity index (χ4n) is 2.56. The Hall–Kier alpha value is -2.99. The Morgan fingerprint density at radius 1 is 1.17 bits per heavy atom. The van der Waals surface area contributed by atoms with Gasteiger partial charge < -0.3 is 11.1 Å². The highest BCUT2D eigenvalue weighted by Crippen LogP contribution is 2.29. The van der Waals surface area contributed by atoms with Crippen LogP contribution < -0.4 is 16.5 Å². The van der Waals surface area contributed by atoms with Crippen molar-refractivity contribution in [2.45, 2.75) is 0 Å². The highest BCUT2D eigenvalue weighted by Gasteiger charge is 2.20. The van der Waals surface area contributed by atoms with Crippen molar-refractivity contribution in [1.29, 1.82) is 0 Å². The van der Waals surface area contributed by atoms with Crippen molar-refractivity contribution < 1.29 is 9.59 Å². The molecule has 0 spiro atoms. The maximum atomic E-state index is 12.7. The van der Waals surface area contributed by atoms with Crippen LogP contribution in [0, 0.1) is 0 Å². The summed E-state index contributed by atoms with van der Waals surface area (Å²) in [5, 5.41) is 3.58. The fourth-order valence-corrected chi connectivity index (χ4v) is 3.78. The second-order valence-electron chi connectivity index (χ2n) is 5.16. The Balaban J connectivity index is 2.37. The van der Waals surface area contributed by atoms with E-state index in [1.54, 1.807) is 24.3 Å². The first-order chi connectivity index (χ1) is 11.5. The van der Waals surface area contributed by atoms with Gasteiger partial charge >= 0.3 is 0 Å². The van der Waals surface area contributed by atoms with E-state index >= 15 is 0 Å². The number of benzene rings is 2. The smallest absolute Gasteiger partial charge is 0.252 e. The first-order valence-corrected chi connectivity index (χ1v) is 8.03. The summed E-state index contributed by atoms with van der Waals surface area (Å²) in [5.41, 5.74) is 5.55. The van der Waals surface area contributed by atoms with E-state index in [1.807, 2.05) is 6.07 Å². The highest BCUT2D eigenvalue weighted by atomic mass is 32.1. The molecule has 0 aliphatic rings. The maximum absolute atomic E-state index is 12.7. The van der Waals surface area contributed by atoms with Gasteiger partial charge in [0.1, 0.15) is 0 Å². The summed E-state index contributed by atoms with van der Waals surface area (Å²) in [7, 11) is 0. The number of fused-ring (bicyclic) bond motifs is 2. The number of amides is 2.